The Balaban J connectivity index is 2.03. The number of hydrogen-bond acceptors (Lipinski definition) is 6. The second-order valence-corrected chi connectivity index (χ2v) is 9.37. The molecule has 0 fully saturated rings. The number of hydrogen-bond donors (Lipinski definition) is 4. The number of aliphatic hydroxyl groups is 1. The number of nitrogens with two attached hydrogens (primary N) is 1. The minimum absolute atomic E-state index is 0.0365. The fourth-order valence-electron chi connectivity index (χ4n) is 3.67. The summed E-state index contributed by atoms with van der Waals surface area (Å²) in [5, 5.41) is 15.4. The zero-order chi connectivity index (χ0) is 27.6. The smallest absolute Gasteiger partial charge is 0.407 e. The number of Topliss-reactive ketones (excluding diaryl/α,β-unsaturated/α-hetero) is 1. The summed E-state index contributed by atoms with van der Waals surface area (Å²) in [4.78, 5) is 37.4. The lowest BCUT2D eigenvalue weighted by Crippen LogP contribution is -2.62. The Hall–Kier alpha value is -3.37. The maximum Gasteiger partial charge on any atom is 0.407 e. The van der Waals surface area contributed by atoms with Gasteiger partial charge in [0.15, 0.2) is 5.78 Å². The molecule has 2 amide bonds. The molecule has 0 aromatic heterocycles. The summed E-state index contributed by atoms with van der Waals surface area (Å²) in [6.07, 6.45) is -3.54. The summed E-state index contributed by atoms with van der Waals surface area (Å²) in [7, 11) is 0. The molecule has 0 radical (unpaired) electrons. The fraction of sp³-hybridized carbons (Fsp3) is 0.444. The van der Waals surface area contributed by atoms with Crippen LogP contribution in [0.4, 0.5) is 13.6 Å². The number of carbonyl (C=O) groups is 3. The third-order valence-electron chi connectivity index (χ3n) is 5.87. The number of carbonyl (C=O) groups excluding carboxylic acids is 3. The number of halogens is 2. The monoisotopic (exact) mass is 519 g/mol. The molecule has 2 aromatic rings. The number of alkyl carbamates (subject to hydrolysis) is 1. The summed E-state index contributed by atoms with van der Waals surface area (Å²) < 4.78 is 35.5. The van der Waals surface area contributed by atoms with Crippen LogP contribution in [0.15, 0.2) is 60.7 Å². The van der Waals surface area contributed by atoms with Crippen LogP contribution in [0.3, 0.4) is 0 Å². The molecular weight excluding hydrogens is 484 g/mol. The molecule has 8 nitrogen and oxygen atoms in total. The number of aliphatic hydroxyl groups excluding tert-OH is 1. The molecule has 5 N–H and O–H groups in total. The molecule has 0 bridgehead atoms. The molecule has 0 aliphatic heterocycles. The Bertz CT molecular complexity index is 1020. The maximum absolute atomic E-state index is 15.2. The molecule has 4 unspecified atom stereocenters. The molecule has 0 saturated heterocycles. The van der Waals surface area contributed by atoms with E-state index in [1.807, 2.05) is 0 Å². The zero-order valence-electron chi connectivity index (χ0n) is 21.2. The third-order valence-corrected chi connectivity index (χ3v) is 5.87. The number of ether oxygens (including phenoxy) is 1. The molecule has 2 rings (SSSR count). The van der Waals surface area contributed by atoms with Gasteiger partial charge in [0, 0.05) is 6.54 Å². The van der Waals surface area contributed by atoms with Gasteiger partial charge in [-0.25, -0.2) is 13.6 Å². The predicted octanol–water partition coefficient (Wildman–Crippen LogP) is 3.17. The summed E-state index contributed by atoms with van der Waals surface area (Å²) >= 11 is 0. The van der Waals surface area contributed by atoms with E-state index >= 15 is 8.78 Å². The van der Waals surface area contributed by atoms with Crippen molar-refractivity contribution in [2.45, 2.75) is 64.5 Å². The van der Waals surface area contributed by atoms with Gasteiger partial charge >= 0.3 is 6.09 Å². The molecule has 0 heterocycles. The van der Waals surface area contributed by atoms with E-state index in [1.165, 1.54) is 6.92 Å². The van der Waals surface area contributed by atoms with Gasteiger partial charge < -0.3 is 26.2 Å². The van der Waals surface area contributed by atoms with Crippen LogP contribution in [0.1, 0.15) is 38.3 Å². The van der Waals surface area contributed by atoms with Crippen LogP contribution < -0.4 is 16.4 Å². The second kappa shape index (κ2) is 13.8. The quantitative estimate of drug-likeness (QED) is 0.301. The van der Waals surface area contributed by atoms with E-state index < -0.39 is 47.8 Å². The molecule has 202 valence electrons. The van der Waals surface area contributed by atoms with Crippen molar-refractivity contribution in [3.8, 4) is 0 Å². The van der Waals surface area contributed by atoms with Gasteiger partial charge in [-0.15, -0.1) is 0 Å². The van der Waals surface area contributed by atoms with E-state index in [-0.39, 0.29) is 25.5 Å². The SMILES string of the molecule is CC(C)CC(NC(=O)OCc1ccccc1)C(O)C(F)(F)C(N)C(=O)C(C)C(=O)NCc1ccccc1. The van der Waals surface area contributed by atoms with Gasteiger partial charge in [0.2, 0.25) is 5.91 Å². The molecule has 4 atom stereocenters. The van der Waals surface area contributed by atoms with E-state index in [9.17, 15) is 19.5 Å². The van der Waals surface area contributed by atoms with E-state index in [0.29, 0.717) is 5.56 Å². The summed E-state index contributed by atoms with van der Waals surface area (Å²) in [6, 6.07) is 13.7. The van der Waals surface area contributed by atoms with Crippen LogP contribution >= 0.6 is 0 Å². The van der Waals surface area contributed by atoms with Crippen LogP contribution in [-0.2, 0) is 27.5 Å². The van der Waals surface area contributed by atoms with Crippen molar-refractivity contribution in [1.29, 1.82) is 0 Å². The van der Waals surface area contributed by atoms with Gasteiger partial charge in [-0.2, -0.15) is 0 Å². The first-order chi connectivity index (χ1) is 17.4. The lowest BCUT2D eigenvalue weighted by Gasteiger charge is -2.34. The van der Waals surface area contributed by atoms with E-state index in [0.717, 1.165) is 5.56 Å². The van der Waals surface area contributed by atoms with Gasteiger partial charge in [-0.05, 0) is 30.4 Å². The van der Waals surface area contributed by atoms with Crippen molar-refractivity contribution in [3.05, 3.63) is 71.8 Å². The Morgan fingerprint density at radius 3 is 2.05 bits per heavy atom. The van der Waals surface area contributed by atoms with Crippen molar-refractivity contribution >= 4 is 17.8 Å². The standard InChI is InChI=1S/C27H35F2N3O5/c1-17(2)14-21(32-26(36)37-16-20-12-8-5-9-13-20)24(34)27(28,29)23(30)22(33)18(3)25(35)31-15-19-10-6-4-7-11-19/h4-13,17-18,21,23-24,34H,14-16,30H2,1-3H3,(H,31,35)(H,32,36). The van der Waals surface area contributed by atoms with Gasteiger partial charge in [0.25, 0.3) is 5.92 Å². The summed E-state index contributed by atoms with van der Waals surface area (Å²) in [6.45, 7) is 4.63. The number of nitrogens with one attached hydrogen (secondary N) is 2. The molecule has 37 heavy (non-hydrogen) atoms. The third kappa shape index (κ3) is 8.91. The zero-order valence-corrected chi connectivity index (χ0v) is 21.2. The minimum Gasteiger partial charge on any atom is -0.445 e. The molecule has 0 saturated carbocycles. The van der Waals surface area contributed by atoms with Crippen molar-refractivity contribution in [2.24, 2.45) is 17.6 Å². The Morgan fingerprint density at radius 1 is 0.973 bits per heavy atom. The number of alkyl halides is 2. The first-order valence-corrected chi connectivity index (χ1v) is 12.1. The van der Waals surface area contributed by atoms with E-state index in [2.05, 4.69) is 10.6 Å². The first kappa shape index (κ1) is 29.9. The number of amides is 2. The van der Waals surface area contributed by atoms with E-state index in [4.69, 9.17) is 10.5 Å². The highest BCUT2D eigenvalue weighted by molar-refractivity contribution is 6.03. The molecule has 0 spiro atoms. The average molecular weight is 520 g/mol. The van der Waals surface area contributed by atoms with Crippen LogP contribution in [0.5, 0.6) is 0 Å². The molecule has 0 aliphatic rings. The second-order valence-electron chi connectivity index (χ2n) is 9.37. The number of rotatable bonds is 13. The summed E-state index contributed by atoms with van der Waals surface area (Å²) in [5.74, 6) is -7.82. The number of benzene rings is 2. The highest BCUT2D eigenvalue weighted by Gasteiger charge is 2.52. The van der Waals surface area contributed by atoms with Gasteiger partial charge in [-0.1, -0.05) is 74.5 Å². The van der Waals surface area contributed by atoms with E-state index in [1.54, 1.807) is 74.5 Å². The van der Waals surface area contributed by atoms with Crippen LogP contribution in [-0.4, -0.2) is 47.0 Å². The van der Waals surface area contributed by atoms with Crippen molar-refractivity contribution in [2.75, 3.05) is 0 Å². The fourth-order valence-corrected chi connectivity index (χ4v) is 3.67. The Labute approximate surface area is 215 Å². The van der Waals surface area contributed by atoms with Crippen molar-refractivity contribution < 1.29 is 33.0 Å². The predicted molar refractivity (Wildman–Crippen MR) is 134 cm³/mol. The van der Waals surface area contributed by atoms with Gasteiger partial charge in [0.05, 0.1) is 12.0 Å². The van der Waals surface area contributed by atoms with Crippen LogP contribution in [0, 0.1) is 11.8 Å². The molecular formula is C27H35F2N3O5. The lowest BCUT2D eigenvalue weighted by atomic mass is 9.87. The van der Waals surface area contributed by atoms with Gasteiger partial charge in [0.1, 0.15) is 18.8 Å². The molecule has 0 aliphatic carbocycles. The van der Waals surface area contributed by atoms with Crippen LogP contribution in [0.2, 0.25) is 0 Å². The first-order valence-electron chi connectivity index (χ1n) is 12.1. The summed E-state index contributed by atoms with van der Waals surface area (Å²) in [5.41, 5.74) is 7.05. The van der Waals surface area contributed by atoms with Crippen LogP contribution in [0.25, 0.3) is 0 Å². The van der Waals surface area contributed by atoms with Crippen molar-refractivity contribution in [3.63, 3.8) is 0 Å². The van der Waals surface area contributed by atoms with Crippen molar-refractivity contribution in [1.82, 2.24) is 10.6 Å². The highest BCUT2D eigenvalue weighted by atomic mass is 19.3. The lowest BCUT2D eigenvalue weighted by molar-refractivity contribution is -0.157. The topological polar surface area (TPSA) is 131 Å². The van der Waals surface area contributed by atoms with Gasteiger partial charge in [-0.3, -0.25) is 9.59 Å². The average Bonchev–Trinajstić information content (AvgIpc) is 2.89. The molecule has 10 heteroatoms. The maximum atomic E-state index is 15.2. The minimum atomic E-state index is -4.14. The molecule has 2 aromatic carbocycles. The number of ketones is 1. The largest absolute Gasteiger partial charge is 0.445 e. The Morgan fingerprint density at radius 2 is 1.51 bits per heavy atom. The highest BCUT2D eigenvalue weighted by Crippen LogP contribution is 2.29. The Kier molecular flexibility index (Phi) is 11.1. The normalized spacial score (nSPS) is 14.8.